The molecule has 0 fully saturated rings. The van der Waals surface area contributed by atoms with Crippen LogP contribution >= 0.6 is 39.9 Å². The summed E-state index contributed by atoms with van der Waals surface area (Å²) in [7, 11) is 0. The fourth-order valence-corrected chi connectivity index (χ4v) is 4.10. The average Bonchev–Trinajstić information content (AvgIpc) is 3.12. The van der Waals surface area contributed by atoms with Crippen molar-refractivity contribution in [2.75, 3.05) is 0 Å². The van der Waals surface area contributed by atoms with Crippen LogP contribution in [0.5, 0.6) is 0 Å². The van der Waals surface area contributed by atoms with Crippen molar-refractivity contribution >= 4 is 45.6 Å². The van der Waals surface area contributed by atoms with Gasteiger partial charge in [0.1, 0.15) is 0 Å². The zero-order valence-electron chi connectivity index (χ0n) is 16.0. The Labute approximate surface area is 197 Å². The smallest absolute Gasteiger partial charge is 0.312 e. The minimum atomic E-state index is -4.40. The molecular formula is C23H17BrClF3N2S. The normalized spacial score (nSPS) is 11.9. The Kier molecular flexibility index (Phi) is 7.41. The standard InChI is InChI=1S/C23H16ClF3N2S.BrH/c24-19-11-9-16(10-12-19)14-29-21(17-5-4-6-18(13-17)23(25,26)27)15-30-22(29)28-20-7-2-1-3-8-20;/h1-13,15H,14H2;1H. The van der Waals surface area contributed by atoms with Crippen molar-refractivity contribution in [1.29, 1.82) is 0 Å². The molecule has 4 aromatic rings. The Morgan fingerprint density at radius 3 is 2.29 bits per heavy atom. The van der Waals surface area contributed by atoms with E-state index in [9.17, 15) is 13.2 Å². The van der Waals surface area contributed by atoms with Crippen molar-refractivity contribution < 1.29 is 13.2 Å². The molecule has 2 nitrogen and oxygen atoms in total. The fraction of sp³-hybridized carbons (Fsp3) is 0.0870. The van der Waals surface area contributed by atoms with Crippen molar-refractivity contribution in [3.8, 4) is 11.3 Å². The van der Waals surface area contributed by atoms with E-state index >= 15 is 0 Å². The Balaban J connectivity index is 0.00000272. The van der Waals surface area contributed by atoms with Gasteiger partial charge in [-0.25, -0.2) is 4.99 Å². The van der Waals surface area contributed by atoms with Crippen LogP contribution in [0.25, 0.3) is 11.3 Å². The van der Waals surface area contributed by atoms with Gasteiger partial charge >= 0.3 is 6.18 Å². The maximum absolute atomic E-state index is 13.2. The molecule has 0 aliphatic heterocycles. The van der Waals surface area contributed by atoms with Gasteiger partial charge < -0.3 is 4.57 Å². The summed E-state index contributed by atoms with van der Waals surface area (Å²) in [5, 5.41) is 2.47. The zero-order valence-corrected chi connectivity index (χ0v) is 19.3. The summed E-state index contributed by atoms with van der Waals surface area (Å²) in [5.74, 6) is 0. The van der Waals surface area contributed by atoms with E-state index in [4.69, 9.17) is 16.6 Å². The number of alkyl halides is 3. The molecule has 8 heteroatoms. The van der Waals surface area contributed by atoms with E-state index in [1.54, 1.807) is 18.2 Å². The van der Waals surface area contributed by atoms with Gasteiger partial charge in [0.05, 0.1) is 23.5 Å². The molecule has 0 saturated carbocycles. The molecule has 3 aromatic carbocycles. The topological polar surface area (TPSA) is 17.3 Å². The van der Waals surface area contributed by atoms with Crippen molar-refractivity contribution in [2.24, 2.45) is 4.99 Å². The quantitative estimate of drug-likeness (QED) is 0.259. The van der Waals surface area contributed by atoms with Gasteiger partial charge in [-0.1, -0.05) is 54.1 Å². The lowest BCUT2D eigenvalue weighted by molar-refractivity contribution is -0.137. The molecule has 0 spiro atoms. The lowest BCUT2D eigenvalue weighted by atomic mass is 10.1. The molecular weight excluding hydrogens is 509 g/mol. The number of rotatable bonds is 4. The third-order valence-corrected chi connectivity index (χ3v) is 5.63. The predicted octanol–water partition coefficient (Wildman–Crippen LogP) is 7.75. The Morgan fingerprint density at radius 1 is 0.903 bits per heavy atom. The summed E-state index contributed by atoms with van der Waals surface area (Å²) in [4.78, 5) is 5.40. The maximum Gasteiger partial charge on any atom is 0.416 e. The van der Waals surface area contributed by atoms with E-state index in [-0.39, 0.29) is 17.0 Å². The zero-order chi connectivity index (χ0) is 21.1. The number of hydrogen-bond acceptors (Lipinski definition) is 2. The molecule has 0 radical (unpaired) electrons. The molecule has 4 rings (SSSR count). The average molecular weight is 526 g/mol. The van der Waals surface area contributed by atoms with Crippen molar-refractivity contribution in [3.63, 3.8) is 0 Å². The minimum absolute atomic E-state index is 0. The summed E-state index contributed by atoms with van der Waals surface area (Å²) in [5.41, 5.74) is 2.24. The summed E-state index contributed by atoms with van der Waals surface area (Å²) in [6, 6.07) is 22.2. The van der Waals surface area contributed by atoms with Gasteiger partial charge in [-0.3, -0.25) is 0 Å². The number of hydrogen-bond donors (Lipinski definition) is 0. The van der Waals surface area contributed by atoms with Gasteiger partial charge in [-0.05, 0) is 47.5 Å². The first-order valence-corrected chi connectivity index (χ1v) is 10.4. The molecule has 0 N–H and O–H groups in total. The summed E-state index contributed by atoms with van der Waals surface area (Å²) >= 11 is 7.38. The second kappa shape index (κ2) is 9.85. The van der Waals surface area contributed by atoms with E-state index in [0.717, 1.165) is 17.3 Å². The molecule has 0 bridgehead atoms. The lowest BCUT2D eigenvalue weighted by Gasteiger charge is -2.12. The minimum Gasteiger partial charge on any atom is -0.312 e. The summed E-state index contributed by atoms with van der Waals surface area (Å²) in [6.07, 6.45) is -4.40. The largest absolute Gasteiger partial charge is 0.416 e. The summed E-state index contributed by atoms with van der Waals surface area (Å²) in [6.45, 7) is 0.456. The SMILES string of the molecule is Br.FC(F)(F)c1cccc(-c2csc(=Nc3ccccc3)n2Cc2ccc(Cl)cc2)c1. The van der Waals surface area contributed by atoms with Crippen LogP contribution in [0.2, 0.25) is 5.02 Å². The number of para-hydroxylation sites is 1. The highest BCUT2D eigenvalue weighted by atomic mass is 79.9. The Bertz CT molecular complexity index is 1220. The van der Waals surface area contributed by atoms with Crippen LogP contribution in [0.4, 0.5) is 18.9 Å². The number of benzene rings is 3. The second-order valence-electron chi connectivity index (χ2n) is 6.64. The highest BCUT2D eigenvalue weighted by molar-refractivity contribution is 8.93. The lowest BCUT2D eigenvalue weighted by Crippen LogP contribution is -2.17. The first-order valence-electron chi connectivity index (χ1n) is 9.10. The third kappa shape index (κ3) is 5.67. The molecule has 0 aliphatic carbocycles. The van der Waals surface area contributed by atoms with Crippen LogP contribution in [-0.2, 0) is 12.7 Å². The van der Waals surface area contributed by atoms with Crippen LogP contribution in [0.1, 0.15) is 11.1 Å². The van der Waals surface area contributed by atoms with Crippen molar-refractivity contribution in [1.82, 2.24) is 4.57 Å². The number of thiazole rings is 1. The van der Waals surface area contributed by atoms with Crippen LogP contribution in [-0.4, -0.2) is 4.57 Å². The van der Waals surface area contributed by atoms with E-state index in [2.05, 4.69) is 0 Å². The van der Waals surface area contributed by atoms with Crippen LogP contribution in [0.15, 0.2) is 89.2 Å². The van der Waals surface area contributed by atoms with Crippen molar-refractivity contribution in [2.45, 2.75) is 12.7 Å². The molecule has 0 aliphatic rings. The highest BCUT2D eigenvalue weighted by Crippen LogP contribution is 2.32. The Morgan fingerprint density at radius 2 is 1.61 bits per heavy atom. The van der Waals surface area contributed by atoms with Gasteiger partial charge in [0.25, 0.3) is 0 Å². The van der Waals surface area contributed by atoms with Crippen molar-refractivity contribution in [3.05, 3.63) is 105 Å². The first-order chi connectivity index (χ1) is 14.4. The molecule has 1 heterocycles. The van der Waals surface area contributed by atoms with Crippen LogP contribution in [0.3, 0.4) is 0 Å². The fourth-order valence-electron chi connectivity index (χ4n) is 3.04. The molecule has 0 amide bonds. The molecule has 1 aromatic heterocycles. The molecule has 0 atom stereocenters. The van der Waals surface area contributed by atoms with Crippen LogP contribution in [0, 0.1) is 0 Å². The number of halogens is 5. The Hall–Kier alpha value is -2.35. The first kappa shape index (κ1) is 23.3. The van der Waals surface area contributed by atoms with E-state index in [0.29, 0.717) is 27.6 Å². The highest BCUT2D eigenvalue weighted by Gasteiger charge is 2.30. The van der Waals surface area contributed by atoms with E-state index < -0.39 is 11.7 Å². The molecule has 160 valence electrons. The molecule has 0 unspecified atom stereocenters. The van der Waals surface area contributed by atoms with Crippen LogP contribution < -0.4 is 4.80 Å². The summed E-state index contributed by atoms with van der Waals surface area (Å²) < 4.78 is 41.6. The van der Waals surface area contributed by atoms with E-state index in [1.807, 2.05) is 52.4 Å². The van der Waals surface area contributed by atoms with Gasteiger partial charge in [-0.2, -0.15) is 13.2 Å². The van der Waals surface area contributed by atoms with Gasteiger partial charge in [0, 0.05) is 10.4 Å². The molecule has 0 saturated heterocycles. The van der Waals surface area contributed by atoms with Gasteiger partial charge in [-0.15, -0.1) is 28.3 Å². The number of nitrogens with zero attached hydrogens (tertiary/aromatic N) is 2. The van der Waals surface area contributed by atoms with Gasteiger partial charge in [0.2, 0.25) is 0 Å². The van der Waals surface area contributed by atoms with E-state index in [1.165, 1.54) is 23.5 Å². The predicted molar refractivity (Wildman–Crippen MR) is 125 cm³/mol. The monoisotopic (exact) mass is 524 g/mol. The van der Waals surface area contributed by atoms with Gasteiger partial charge in [0.15, 0.2) is 4.80 Å². The third-order valence-electron chi connectivity index (χ3n) is 4.52. The number of aromatic nitrogens is 1. The second-order valence-corrected chi connectivity index (χ2v) is 7.92. The maximum atomic E-state index is 13.2. The molecule has 31 heavy (non-hydrogen) atoms.